The molecule has 0 bridgehead atoms. The number of nitrogens with zero attached hydrogens (tertiary/aromatic N) is 2. The summed E-state index contributed by atoms with van der Waals surface area (Å²) in [7, 11) is 2.16. The predicted octanol–water partition coefficient (Wildman–Crippen LogP) is 1.64. The van der Waals surface area contributed by atoms with E-state index in [1.54, 1.807) is 0 Å². The highest BCUT2D eigenvalue weighted by Gasteiger charge is 2.39. The molecule has 0 atom stereocenters. The minimum Gasteiger partial charge on any atom is -0.481 e. The van der Waals surface area contributed by atoms with Crippen LogP contribution in [0.15, 0.2) is 12.3 Å². The Hall–Kier alpha value is -1.03. The lowest BCUT2D eigenvalue weighted by Gasteiger charge is -2.49. The number of carboxylic acids is 1. The highest BCUT2D eigenvalue weighted by atomic mass is 16.4. The Kier molecular flexibility index (Phi) is 3.41. The summed E-state index contributed by atoms with van der Waals surface area (Å²) in [4.78, 5) is 15.5. The molecule has 102 valence electrons. The number of piperazine rings is 1. The molecule has 2 rings (SSSR count). The van der Waals surface area contributed by atoms with Gasteiger partial charge in [0.15, 0.2) is 0 Å². The topological polar surface area (TPSA) is 43.8 Å². The molecule has 18 heavy (non-hydrogen) atoms. The largest absolute Gasteiger partial charge is 0.481 e. The van der Waals surface area contributed by atoms with E-state index in [0.717, 1.165) is 38.2 Å². The standard InChI is InChI=1S/C14H24N2O2/c1-10(11-7-12(8-11)13(17)18)16-6-5-15(4)14(2,3)9-16/h11-12H,1,5-9H2,2-4H3,(H,17,18). The first-order valence-electron chi connectivity index (χ1n) is 6.69. The molecule has 0 aromatic heterocycles. The fraction of sp³-hybridized carbons (Fsp3) is 0.786. The van der Waals surface area contributed by atoms with Crippen molar-refractivity contribution < 1.29 is 9.90 Å². The minimum atomic E-state index is -0.655. The van der Waals surface area contributed by atoms with Gasteiger partial charge in [-0.1, -0.05) is 6.58 Å². The zero-order valence-corrected chi connectivity index (χ0v) is 11.6. The Morgan fingerprint density at radius 2 is 1.89 bits per heavy atom. The number of allylic oxidation sites excluding steroid dienone is 1. The molecule has 0 spiro atoms. The highest BCUT2D eigenvalue weighted by molar-refractivity contribution is 5.71. The lowest BCUT2D eigenvalue weighted by Crippen LogP contribution is -2.57. The molecule has 1 saturated carbocycles. The molecule has 0 radical (unpaired) electrons. The first kappa shape index (κ1) is 13.4. The first-order chi connectivity index (χ1) is 8.31. The Balaban J connectivity index is 1.90. The second-order valence-electron chi connectivity index (χ2n) is 6.35. The first-order valence-corrected chi connectivity index (χ1v) is 6.69. The van der Waals surface area contributed by atoms with Crippen molar-refractivity contribution in [3.8, 4) is 0 Å². The van der Waals surface area contributed by atoms with Crippen LogP contribution in [-0.4, -0.2) is 53.1 Å². The summed E-state index contributed by atoms with van der Waals surface area (Å²) in [6, 6.07) is 0. The van der Waals surface area contributed by atoms with Gasteiger partial charge in [0.25, 0.3) is 0 Å². The third kappa shape index (κ3) is 2.39. The van der Waals surface area contributed by atoms with Crippen molar-refractivity contribution in [1.29, 1.82) is 0 Å². The van der Waals surface area contributed by atoms with Gasteiger partial charge in [-0.25, -0.2) is 0 Å². The number of rotatable bonds is 3. The SMILES string of the molecule is C=C(C1CC(C(=O)O)C1)N1CCN(C)C(C)(C)C1. The molecule has 1 aliphatic heterocycles. The molecule has 2 fully saturated rings. The van der Waals surface area contributed by atoms with Crippen molar-refractivity contribution in [1.82, 2.24) is 9.80 Å². The smallest absolute Gasteiger partial charge is 0.306 e. The molecular weight excluding hydrogens is 228 g/mol. The van der Waals surface area contributed by atoms with E-state index >= 15 is 0 Å². The summed E-state index contributed by atoms with van der Waals surface area (Å²) >= 11 is 0. The quantitative estimate of drug-likeness (QED) is 0.829. The van der Waals surface area contributed by atoms with Crippen molar-refractivity contribution in [3.05, 3.63) is 12.3 Å². The third-order valence-electron chi connectivity index (χ3n) is 4.68. The molecule has 0 unspecified atom stereocenters. The molecule has 4 heteroatoms. The Morgan fingerprint density at radius 3 is 2.39 bits per heavy atom. The van der Waals surface area contributed by atoms with Crippen molar-refractivity contribution >= 4 is 5.97 Å². The van der Waals surface area contributed by atoms with E-state index in [9.17, 15) is 4.79 Å². The van der Waals surface area contributed by atoms with Crippen LogP contribution in [0.3, 0.4) is 0 Å². The summed E-state index contributed by atoms with van der Waals surface area (Å²) < 4.78 is 0. The van der Waals surface area contributed by atoms with Gasteiger partial charge in [0.1, 0.15) is 0 Å². The number of carboxylic acid groups (broad SMARTS) is 1. The number of carbonyl (C=O) groups is 1. The number of hydrogen-bond donors (Lipinski definition) is 1. The zero-order chi connectivity index (χ0) is 13.5. The van der Waals surface area contributed by atoms with E-state index in [0.29, 0.717) is 5.92 Å². The molecular formula is C14H24N2O2. The second kappa shape index (κ2) is 4.57. The van der Waals surface area contributed by atoms with Crippen LogP contribution in [0.5, 0.6) is 0 Å². The summed E-state index contributed by atoms with van der Waals surface area (Å²) in [6.07, 6.45) is 1.53. The van der Waals surface area contributed by atoms with Crippen LogP contribution >= 0.6 is 0 Å². The average molecular weight is 252 g/mol. The lowest BCUT2D eigenvalue weighted by molar-refractivity contribution is -0.146. The van der Waals surface area contributed by atoms with Gasteiger partial charge in [0.2, 0.25) is 0 Å². The lowest BCUT2D eigenvalue weighted by atomic mass is 9.73. The molecule has 1 saturated heterocycles. The van der Waals surface area contributed by atoms with Crippen LogP contribution in [0, 0.1) is 11.8 Å². The van der Waals surface area contributed by atoms with Crippen molar-refractivity contribution in [2.24, 2.45) is 11.8 Å². The fourth-order valence-corrected chi connectivity index (χ4v) is 2.84. The maximum atomic E-state index is 10.8. The van der Waals surface area contributed by atoms with Crippen LogP contribution in [0.2, 0.25) is 0 Å². The Bertz CT molecular complexity index is 359. The summed E-state index contributed by atoms with van der Waals surface area (Å²) in [6.45, 7) is 11.7. The van der Waals surface area contributed by atoms with Crippen molar-refractivity contribution in [3.63, 3.8) is 0 Å². The molecule has 2 aliphatic rings. The van der Waals surface area contributed by atoms with Crippen molar-refractivity contribution in [2.45, 2.75) is 32.2 Å². The molecule has 0 aromatic carbocycles. The van der Waals surface area contributed by atoms with E-state index in [1.807, 2.05) is 0 Å². The maximum Gasteiger partial charge on any atom is 0.306 e. The van der Waals surface area contributed by atoms with Gasteiger partial charge in [-0.2, -0.15) is 0 Å². The van der Waals surface area contributed by atoms with Gasteiger partial charge in [-0.15, -0.1) is 0 Å². The Morgan fingerprint density at radius 1 is 1.28 bits per heavy atom. The van der Waals surface area contributed by atoms with E-state index < -0.39 is 5.97 Å². The summed E-state index contributed by atoms with van der Waals surface area (Å²) in [5.41, 5.74) is 1.31. The van der Waals surface area contributed by atoms with Gasteiger partial charge in [-0.3, -0.25) is 9.69 Å². The Labute approximate surface area is 109 Å². The normalized spacial score (nSPS) is 31.8. The predicted molar refractivity (Wildman–Crippen MR) is 71.3 cm³/mol. The van der Waals surface area contributed by atoms with Gasteiger partial charge >= 0.3 is 5.97 Å². The third-order valence-corrected chi connectivity index (χ3v) is 4.68. The van der Waals surface area contributed by atoms with Gasteiger partial charge < -0.3 is 10.0 Å². The monoisotopic (exact) mass is 252 g/mol. The number of likely N-dealkylation sites (N-methyl/N-ethyl adjacent to an activating group) is 1. The summed E-state index contributed by atoms with van der Waals surface area (Å²) in [5, 5.41) is 8.91. The molecule has 1 heterocycles. The van der Waals surface area contributed by atoms with Crippen LogP contribution in [0.1, 0.15) is 26.7 Å². The van der Waals surface area contributed by atoms with Crippen LogP contribution in [0.25, 0.3) is 0 Å². The molecule has 1 aliphatic carbocycles. The van der Waals surface area contributed by atoms with Crippen LogP contribution < -0.4 is 0 Å². The maximum absolute atomic E-state index is 10.8. The van der Waals surface area contributed by atoms with Gasteiger partial charge in [0, 0.05) is 30.9 Å². The summed E-state index contributed by atoms with van der Waals surface area (Å²) in [5.74, 6) is -0.421. The van der Waals surface area contributed by atoms with Crippen molar-refractivity contribution in [2.75, 3.05) is 26.7 Å². The van der Waals surface area contributed by atoms with E-state index in [4.69, 9.17) is 5.11 Å². The van der Waals surface area contributed by atoms with E-state index in [2.05, 4.69) is 37.3 Å². The number of hydrogen-bond acceptors (Lipinski definition) is 3. The molecule has 0 aromatic rings. The zero-order valence-electron chi connectivity index (χ0n) is 11.6. The van der Waals surface area contributed by atoms with Crippen LogP contribution in [-0.2, 0) is 4.79 Å². The molecule has 4 nitrogen and oxygen atoms in total. The van der Waals surface area contributed by atoms with Crippen LogP contribution in [0.4, 0.5) is 0 Å². The average Bonchev–Trinajstić information content (AvgIpc) is 2.19. The van der Waals surface area contributed by atoms with E-state index in [-0.39, 0.29) is 11.5 Å². The highest BCUT2D eigenvalue weighted by Crippen LogP contribution is 2.40. The minimum absolute atomic E-state index is 0.146. The molecule has 1 N–H and O–H groups in total. The fourth-order valence-electron chi connectivity index (χ4n) is 2.84. The van der Waals surface area contributed by atoms with Gasteiger partial charge in [0.05, 0.1) is 5.92 Å². The van der Waals surface area contributed by atoms with Gasteiger partial charge in [-0.05, 0) is 39.7 Å². The molecule has 0 amide bonds. The second-order valence-corrected chi connectivity index (χ2v) is 6.35. The van der Waals surface area contributed by atoms with E-state index in [1.165, 1.54) is 0 Å². The number of aliphatic carboxylic acids is 1.